The molecule has 6 heteroatoms. The van der Waals surface area contributed by atoms with Gasteiger partial charge in [-0.2, -0.15) is 0 Å². The summed E-state index contributed by atoms with van der Waals surface area (Å²) < 4.78 is 27.3. The fraction of sp³-hybridized carbons (Fsp3) is 0.364. The van der Waals surface area contributed by atoms with Crippen LogP contribution in [0.3, 0.4) is 0 Å². The monoisotopic (exact) mass is 304 g/mol. The second-order valence-corrected chi connectivity index (χ2v) is 4.87. The molecule has 1 heterocycles. The molecule has 0 aromatic heterocycles. The molecule has 1 aromatic carbocycles. The van der Waals surface area contributed by atoms with E-state index in [0.29, 0.717) is 19.5 Å². The standard InChI is InChI=1S/C11H11BrF2N2O/c12-7-1-2-8(13)9(10(7)14)11(17)16-4-3-6(15)5-16/h1-2,6H,3-5,15H2/t6-/m0/s1. The third-order valence-electron chi connectivity index (χ3n) is 2.77. The zero-order valence-corrected chi connectivity index (χ0v) is 10.5. The van der Waals surface area contributed by atoms with Gasteiger partial charge in [-0.1, -0.05) is 0 Å². The van der Waals surface area contributed by atoms with Crippen molar-refractivity contribution >= 4 is 21.8 Å². The van der Waals surface area contributed by atoms with E-state index in [1.54, 1.807) is 0 Å². The minimum absolute atomic E-state index is 0.0748. The van der Waals surface area contributed by atoms with Gasteiger partial charge in [-0.25, -0.2) is 8.78 Å². The van der Waals surface area contributed by atoms with Crippen molar-refractivity contribution in [1.82, 2.24) is 4.90 Å². The lowest BCUT2D eigenvalue weighted by Gasteiger charge is -2.16. The summed E-state index contributed by atoms with van der Waals surface area (Å²) in [7, 11) is 0. The summed E-state index contributed by atoms with van der Waals surface area (Å²) in [6.07, 6.45) is 0.656. The Bertz CT molecular complexity index is 467. The van der Waals surface area contributed by atoms with E-state index in [4.69, 9.17) is 5.73 Å². The van der Waals surface area contributed by atoms with Gasteiger partial charge in [-0.05, 0) is 34.5 Å². The van der Waals surface area contributed by atoms with Crippen molar-refractivity contribution in [1.29, 1.82) is 0 Å². The SMILES string of the molecule is N[C@H]1CCN(C(=O)c2c(F)ccc(Br)c2F)C1. The van der Waals surface area contributed by atoms with E-state index in [0.717, 1.165) is 6.07 Å². The summed E-state index contributed by atoms with van der Waals surface area (Å²) in [5.74, 6) is -2.36. The van der Waals surface area contributed by atoms with Crippen LogP contribution in [0.25, 0.3) is 0 Å². The van der Waals surface area contributed by atoms with E-state index in [1.165, 1.54) is 11.0 Å². The molecule has 1 aromatic rings. The molecule has 0 bridgehead atoms. The van der Waals surface area contributed by atoms with E-state index in [2.05, 4.69) is 15.9 Å². The molecule has 1 aliphatic heterocycles. The van der Waals surface area contributed by atoms with E-state index in [1.807, 2.05) is 0 Å². The highest BCUT2D eigenvalue weighted by Crippen LogP contribution is 2.24. The summed E-state index contributed by atoms with van der Waals surface area (Å²) in [6, 6.07) is 2.19. The van der Waals surface area contributed by atoms with Gasteiger partial charge in [0.05, 0.1) is 4.47 Å². The predicted molar refractivity (Wildman–Crippen MR) is 62.6 cm³/mol. The summed E-state index contributed by atoms with van der Waals surface area (Å²) in [5, 5.41) is 0. The maximum Gasteiger partial charge on any atom is 0.259 e. The third-order valence-corrected chi connectivity index (χ3v) is 3.38. The molecule has 0 unspecified atom stereocenters. The quantitative estimate of drug-likeness (QED) is 0.806. The van der Waals surface area contributed by atoms with Crippen LogP contribution in [0.2, 0.25) is 0 Å². The van der Waals surface area contributed by atoms with Crippen LogP contribution in [0.1, 0.15) is 16.8 Å². The van der Waals surface area contributed by atoms with E-state index >= 15 is 0 Å². The Kier molecular flexibility index (Phi) is 3.44. The second-order valence-electron chi connectivity index (χ2n) is 4.02. The average molecular weight is 305 g/mol. The number of nitrogens with two attached hydrogens (primary N) is 1. The first kappa shape index (κ1) is 12.4. The van der Waals surface area contributed by atoms with Gasteiger partial charge < -0.3 is 10.6 Å². The van der Waals surface area contributed by atoms with Gasteiger partial charge >= 0.3 is 0 Å². The lowest BCUT2D eigenvalue weighted by Crippen LogP contribution is -2.33. The van der Waals surface area contributed by atoms with E-state index in [-0.39, 0.29) is 10.5 Å². The molecule has 2 N–H and O–H groups in total. The molecule has 3 nitrogen and oxygen atoms in total. The molecule has 0 spiro atoms. The van der Waals surface area contributed by atoms with Crippen LogP contribution in [0, 0.1) is 11.6 Å². The fourth-order valence-corrected chi connectivity index (χ4v) is 2.18. The van der Waals surface area contributed by atoms with Crippen molar-refractivity contribution in [3.05, 3.63) is 33.8 Å². The molecule has 92 valence electrons. The Morgan fingerprint density at radius 2 is 2.18 bits per heavy atom. The van der Waals surface area contributed by atoms with Crippen LogP contribution in [-0.4, -0.2) is 29.9 Å². The van der Waals surface area contributed by atoms with E-state index < -0.39 is 23.1 Å². The van der Waals surface area contributed by atoms with Crippen molar-refractivity contribution in [2.45, 2.75) is 12.5 Å². The highest BCUT2D eigenvalue weighted by molar-refractivity contribution is 9.10. The Labute approximate surface area is 106 Å². The Morgan fingerprint density at radius 1 is 1.47 bits per heavy atom. The second kappa shape index (κ2) is 4.70. The lowest BCUT2D eigenvalue weighted by atomic mass is 10.1. The molecule has 1 atom stereocenters. The molecule has 1 fully saturated rings. The van der Waals surface area contributed by atoms with Crippen molar-refractivity contribution in [3.63, 3.8) is 0 Å². The highest BCUT2D eigenvalue weighted by Gasteiger charge is 2.29. The molecule has 0 aliphatic carbocycles. The predicted octanol–water partition coefficient (Wildman–Crippen LogP) is 1.90. The number of hydrogen-bond acceptors (Lipinski definition) is 2. The van der Waals surface area contributed by atoms with Crippen LogP contribution in [0.5, 0.6) is 0 Å². The zero-order chi connectivity index (χ0) is 12.6. The van der Waals surface area contributed by atoms with Crippen molar-refractivity contribution in [3.8, 4) is 0 Å². The normalized spacial score (nSPS) is 19.8. The first-order valence-electron chi connectivity index (χ1n) is 5.19. The van der Waals surface area contributed by atoms with Gasteiger partial charge in [0.15, 0.2) is 5.82 Å². The van der Waals surface area contributed by atoms with Gasteiger partial charge in [0.25, 0.3) is 5.91 Å². The van der Waals surface area contributed by atoms with Crippen LogP contribution in [-0.2, 0) is 0 Å². The van der Waals surface area contributed by atoms with Crippen molar-refractivity contribution in [2.75, 3.05) is 13.1 Å². The third kappa shape index (κ3) is 2.32. The van der Waals surface area contributed by atoms with Crippen LogP contribution >= 0.6 is 15.9 Å². The summed E-state index contributed by atoms with van der Waals surface area (Å²) in [5.41, 5.74) is 5.14. The number of amides is 1. The van der Waals surface area contributed by atoms with Gasteiger partial charge in [-0.3, -0.25) is 4.79 Å². The lowest BCUT2D eigenvalue weighted by molar-refractivity contribution is 0.0781. The van der Waals surface area contributed by atoms with Gasteiger partial charge in [0.2, 0.25) is 0 Å². The molecule has 0 radical (unpaired) electrons. The van der Waals surface area contributed by atoms with Gasteiger partial charge in [0, 0.05) is 19.1 Å². The highest BCUT2D eigenvalue weighted by atomic mass is 79.9. The number of halogens is 3. The van der Waals surface area contributed by atoms with Gasteiger partial charge in [-0.15, -0.1) is 0 Å². The molecular weight excluding hydrogens is 294 g/mol. The van der Waals surface area contributed by atoms with Crippen molar-refractivity contribution < 1.29 is 13.6 Å². The summed E-state index contributed by atoms with van der Waals surface area (Å²) in [4.78, 5) is 13.3. The summed E-state index contributed by atoms with van der Waals surface area (Å²) >= 11 is 2.93. The maximum absolute atomic E-state index is 13.7. The fourth-order valence-electron chi connectivity index (χ4n) is 1.85. The number of nitrogens with zero attached hydrogens (tertiary/aromatic N) is 1. The number of likely N-dealkylation sites (tertiary alicyclic amines) is 1. The molecular formula is C11H11BrF2N2O. The first-order valence-corrected chi connectivity index (χ1v) is 5.98. The Morgan fingerprint density at radius 3 is 2.76 bits per heavy atom. The number of hydrogen-bond donors (Lipinski definition) is 1. The molecule has 0 saturated carbocycles. The molecule has 1 aliphatic rings. The largest absolute Gasteiger partial charge is 0.337 e. The number of carbonyl (C=O) groups is 1. The minimum atomic E-state index is -0.865. The molecule has 2 rings (SSSR count). The Hall–Kier alpha value is -1.01. The van der Waals surface area contributed by atoms with Crippen LogP contribution in [0.15, 0.2) is 16.6 Å². The minimum Gasteiger partial charge on any atom is -0.337 e. The number of rotatable bonds is 1. The first-order chi connectivity index (χ1) is 8.00. The van der Waals surface area contributed by atoms with Crippen LogP contribution < -0.4 is 5.73 Å². The molecule has 1 saturated heterocycles. The number of carbonyl (C=O) groups excluding carboxylic acids is 1. The Balaban J connectivity index is 2.34. The van der Waals surface area contributed by atoms with Crippen LogP contribution in [0.4, 0.5) is 8.78 Å². The molecule has 1 amide bonds. The molecule has 17 heavy (non-hydrogen) atoms. The zero-order valence-electron chi connectivity index (χ0n) is 8.92. The van der Waals surface area contributed by atoms with Crippen molar-refractivity contribution in [2.24, 2.45) is 5.73 Å². The van der Waals surface area contributed by atoms with E-state index in [9.17, 15) is 13.6 Å². The number of benzene rings is 1. The van der Waals surface area contributed by atoms with Gasteiger partial charge in [0.1, 0.15) is 11.4 Å². The smallest absolute Gasteiger partial charge is 0.259 e. The average Bonchev–Trinajstić information content (AvgIpc) is 2.71. The maximum atomic E-state index is 13.7. The summed E-state index contributed by atoms with van der Waals surface area (Å²) in [6.45, 7) is 0.773. The topological polar surface area (TPSA) is 46.3 Å².